The van der Waals surface area contributed by atoms with Gasteiger partial charge in [0.15, 0.2) is 0 Å². The number of rotatable bonds is 4. The fourth-order valence-corrected chi connectivity index (χ4v) is 2.08. The van der Waals surface area contributed by atoms with Crippen LogP contribution in [0, 0.1) is 17.0 Å². The monoisotopic (exact) mass is 284 g/mol. The highest BCUT2D eigenvalue weighted by Gasteiger charge is 2.09. The van der Waals surface area contributed by atoms with Crippen molar-refractivity contribution in [3.63, 3.8) is 0 Å². The molecular formula is C16H16N2O3. The van der Waals surface area contributed by atoms with E-state index in [9.17, 15) is 15.2 Å². The average Bonchev–Trinajstić information content (AvgIpc) is 2.47. The predicted molar refractivity (Wildman–Crippen MR) is 82.6 cm³/mol. The maximum absolute atomic E-state index is 10.8. The number of hydrogen-bond acceptors (Lipinski definition) is 4. The van der Waals surface area contributed by atoms with Gasteiger partial charge in [-0.3, -0.25) is 15.1 Å². The molecule has 0 atom stereocenters. The molecule has 2 rings (SSSR count). The maximum atomic E-state index is 10.8. The van der Waals surface area contributed by atoms with Crippen molar-refractivity contribution in [2.24, 2.45) is 4.99 Å². The van der Waals surface area contributed by atoms with Gasteiger partial charge in [0.2, 0.25) is 0 Å². The minimum Gasteiger partial charge on any atom is -0.507 e. The van der Waals surface area contributed by atoms with Crippen molar-refractivity contribution in [3.05, 3.63) is 63.2 Å². The van der Waals surface area contributed by atoms with Crippen LogP contribution in [0.1, 0.15) is 23.6 Å². The number of para-hydroxylation sites is 1. The van der Waals surface area contributed by atoms with E-state index in [1.807, 2.05) is 32.0 Å². The molecule has 0 amide bonds. The highest BCUT2D eigenvalue weighted by atomic mass is 16.6. The van der Waals surface area contributed by atoms with Crippen LogP contribution in [-0.4, -0.2) is 16.2 Å². The van der Waals surface area contributed by atoms with E-state index in [2.05, 4.69) is 4.99 Å². The number of aromatic hydroxyl groups is 1. The fourth-order valence-electron chi connectivity index (χ4n) is 2.08. The van der Waals surface area contributed by atoms with Crippen LogP contribution >= 0.6 is 0 Å². The number of phenolic OH excluding ortho intramolecular Hbond substituents is 1. The van der Waals surface area contributed by atoms with Gasteiger partial charge in [-0.1, -0.05) is 25.1 Å². The summed E-state index contributed by atoms with van der Waals surface area (Å²) < 4.78 is 0. The minimum atomic E-state index is -0.498. The lowest BCUT2D eigenvalue weighted by Crippen LogP contribution is -1.91. The summed E-state index contributed by atoms with van der Waals surface area (Å²) in [6.07, 6.45) is 2.30. The molecule has 5 heteroatoms. The Morgan fingerprint density at radius 2 is 2.10 bits per heavy atom. The molecule has 0 fully saturated rings. The van der Waals surface area contributed by atoms with Crippen molar-refractivity contribution >= 4 is 17.6 Å². The SMILES string of the molecule is CCc1cccc(C)c1N=Cc1cc([N+](=O)[O-])ccc1O. The average molecular weight is 284 g/mol. The van der Waals surface area contributed by atoms with Crippen molar-refractivity contribution < 1.29 is 10.0 Å². The van der Waals surface area contributed by atoms with Gasteiger partial charge in [-0.25, -0.2) is 0 Å². The van der Waals surface area contributed by atoms with Crippen LogP contribution in [0.15, 0.2) is 41.4 Å². The van der Waals surface area contributed by atoms with E-state index in [-0.39, 0.29) is 11.4 Å². The Bertz CT molecular complexity index is 709. The summed E-state index contributed by atoms with van der Waals surface area (Å²) in [5.74, 6) is -0.0315. The number of aliphatic imine (C=N–C) groups is 1. The first kappa shape index (κ1) is 14.7. The molecular weight excluding hydrogens is 268 g/mol. The van der Waals surface area contributed by atoms with Gasteiger partial charge in [0.05, 0.1) is 10.6 Å². The molecule has 0 saturated heterocycles. The van der Waals surface area contributed by atoms with E-state index in [0.717, 1.165) is 23.2 Å². The highest BCUT2D eigenvalue weighted by Crippen LogP contribution is 2.26. The van der Waals surface area contributed by atoms with E-state index >= 15 is 0 Å². The second-order valence-electron chi connectivity index (χ2n) is 4.69. The van der Waals surface area contributed by atoms with Gasteiger partial charge in [0, 0.05) is 23.9 Å². The van der Waals surface area contributed by atoms with E-state index in [1.165, 1.54) is 24.4 Å². The van der Waals surface area contributed by atoms with Crippen molar-refractivity contribution in [2.75, 3.05) is 0 Å². The predicted octanol–water partition coefficient (Wildman–Crippen LogP) is 3.92. The largest absolute Gasteiger partial charge is 0.507 e. The number of hydrogen-bond donors (Lipinski definition) is 1. The number of nitro groups is 1. The summed E-state index contributed by atoms with van der Waals surface area (Å²) in [7, 11) is 0. The zero-order chi connectivity index (χ0) is 15.4. The summed E-state index contributed by atoms with van der Waals surface area (Å²) in [6, 6.07) is 9.79. The summed E-state index contributed by atoms with van der Waals surface area (Å²) in [4.78, 5) is 14.7. The zero-order valence-electron chi connectivity index (χ0n) is 11.9. The maximum Gasteiger partial charge on any atom is 0.270 e. The van der Waals surface area contributed by atoms with Gasteiger partial charge in [-0.2, -0.15) is 0 Å². The molecule has 5 nitrogen and oxygen atoms in total. The lowest BCUT2D eigenvalue weighted by molar-refractivity contribution is -0.384. The molecule has 21 heavy (non-hydrogen) atoms. The van der Waals surface area contributed by atoms with Crippen molar-refractivity contribution in [3.8, 4) is 5.75 Å². The van der Waals surface area contributed by atoms with Gasteiger partial charge >= 0.3 is 0 Å². The smallest absolute Gasteiger partial charge is 0.270 e. The molecule has 1 N–H and O–H groups in total. The van der Waals surface area contributed by atoms with E-state index in [4.69, 9.17) is 0 Å². The standard InChI is InChI=1S/C16H16N2O3/c1-3-12-6-4-5-11(2)16(12)17-10-13-9-14(18(20)21)7-8-15(13)19/h4-10,19H,3H2,1-2H3. The second kappa shape index (κ2) is 6.17. The zero-order valence-corrected chi connectivity index (χ0v) is 11.9. The molecule has 0 bridgehead atoms. The second-order valence-corrected chi connectivity index (χ2v) is 4.69. The molecule has 0 aliphatic carbocycles. The van der Waals surface area contributed by atoms with E-state index in [1.54, 1.807) is 0 Å². The quantitative estimate of drug-likeness (QED) is 0.525. The molecule has 0 aliphatic heterocycles. The molecule has 0 aromatic heterocycles. The summed E-state index contributed by atoms with van der Waals surface area (Å²) in [5, 5.41) is 20.5. The molecule has 0 spiro atoms. The fraction of sp³-hybridized carbons (Fsp3) is 0.188. The van der Waals surface area contributed by atoms with Crippen LogP contribution in [0.2, 0.25) is 0 Å². The third-order valence-electron chi connectivity index (χ3n) is 3.26. The van der Waals surface area contributed by atoms with Crippen molar-refractivity contribution in [1.29, 1.82) is 0 Å². The van der Waals surface area contributed by atoms with Crippen molar-refractivity contribution in [2.45, 2.75) is 20.3 Å². The third kappa shape index (κ3) is 3.25. The molecule has 0 radical (unpaired) electrons. The number of benzene rings is 2. The van der Waals surface area contributed by atoms with Crippen LogP contribution < -0.4 is 0 Å². The normalized spacial score (nSPS) is 11.0. The van der Waals surface area contributed by atoms with E-state index in [0.29, 0.717) is 5.56 Å². The molecule has 2 aromatic carbocycles. The van der Waals surface area contributed by atoms with Crippen LogP contribution in [0.5, 0.6) is 5.75 Å². The number of phenols is 1. The minimum absolute atomic E-state index is 0.0315. The van der Waals surface area contributed by atoms with Crippen LogP contribution in [-0.2, 0) is 6.42 Å². The Morgan fingerprint density at radius 1 is 1.33 bits per heavy atom. The molecule has 0 unspecified atom stereocenters. The Labute approximate surface area is 122 Å². The Hall–Kier alpha value is -2.69. The molecule has 0 heterocycles. The van der Waals surface area contributed by atoms with Gasteiger partial charge in [-0.15, -0.1) is 0 Å². The molecule has 2 aromatic rings. The Morgan fingerprint density at radius 3 is 2.76 bits per heavy atom. The Kier molecular flexibility index (Phi) is 4.33. The first-order chi connectivity index (χ1) is 10.0. The number of nitrogens with zero attached hydrogens (tertiary/aromatic N) is 2. The Balaban J connectivity index is 2.42. The van der Waals surface area contributed by atoms with Gasteiger partial charge < -0.3 is 5.11 Å². The summed E-state index contributed by atoms with van der Waals surface area (Å²) in [6.45, 7) is 4.00. The lowest BCUT2D eigenvalue weighted by Gasteiger charge is -2.06. The number of non-ortho nitro benzene ring substituents is 1. The van der Waals surface area contributed by atoms with Gasteiger partial charge in [-0.05, 0) is 30.5 Å². The van der Waals surface area contributed by atoms with E-state index < -0.39 is 4.92 Å². The molecule has 0 saturated carbocycles. The van der Waals surface area contributed by atoms with Crippen molar-refractivity contribution in [1.82, 2.24) is 0 Å². The topological polar surface area (TPSA) is 75.7 Å². The number of nitro benzene ring substituents is 1. The third-order valence-corrected chi connectivity index (χ3v) is 3.26. The lowest BCUT2D eigenvalue weighted by atomic mass is 10.1. The van der Waals surface area contributed by atoms with Crippen LogP contribution in [0.4, 0.5) is 11.4 Å². The van der Waals surface area contributed by atoms with Crippen LogP contribution in [0.3, 0.4) is 0 Å². The first-order valence-corrected chi connectivity index (χ1v) is 6.63. The highest BCUT2D eigenvalue weighted by molar-refractivity contribution is 5.86. The first-order valence-electron chi connectivity index (χ1n) is 6.63. The molecule has 0 aliphatic rings. The number of aryl methyl sites for hydroxylation is 2. The summed E-state index contributed by atoms with van der Waals surface area (Å²) >= 11 is 0. The van der Waals surface area contributed by atoms with Gasteiger partial charge in [0.25, 0.3) is 5.69 Å². The van der Waals surface area contributed by atoms with Crippen LogP contribution in [0.25, 0.3) is 0 Å². The molecule has 108 valence electrons. The van der Waals surface area contributed by atoms with Gasteiger partial charge in [0.1, 0.15) is 5.75 Å². The summed E-state index contributed by atoms with van der Waals surface area (Å²) in [5.41, 5.74) is 3.21.